The quantitative estimate of drug-likeness (QED) is 0.554. The Morgan fingerprint density at radius 2 is 2.00 bits per heavy atom. The minimum absolute atomic E-state index is 0.903. The normalized spacial score (nSPS) is 9.50. The van der Waals surface area contributed by atoms with Crippen LogP contribution in [0.25, 0.3) is 0 Å². The van der Waals surface area contributed by atoms with E-state index in [2.05, 4.69) is 0 Å². The monoisotopic (exact) mass is 133 g/mol. The highest BCUT2D eigenvalue weighted by Gasteiger charge is 1.98. The zero-order chi connectivity index (χ0) is 7.56. The van der Waals surface area contributed by atoms with Crippen LogP contribution in [0.3, 0.4) is 0 Å². The van der Waals surface area contributed by atoms with Crippen LogP contribution >= 0.6 is 0 Å². The SMILES string of the molecule is Cc1cccc([B]O)c1C. The molecule has 0 aliphatic rings. The molecule has 1 nitrogen and oxygen atoms in total. The first-order valence-electron chi connectivity index (χ1n) is 3.29. The van der Waals surface area contributed by atoms with Crippen molar-refractivity contribution < 1.29 is 5.02 Å². The van der Waals surface area contributed by atoms with Gasteiger partial charge in [-0.3, -0.25) is 0 Å². The molecule has 2 heteroatoms. The maximum Gasteiger partial charge on any atom is 0.327 e. The molecule has 0 atom stereocenters. The zero-order valence-electron chi connectivity index (χ0n) is 6.26. The van der Waals surface area contributed by atoms with Gasteiger partial charge in [0, 0.05) is 0 Å². The van der Waals surface area contributed by atoms with Crippen LogP contribution in [0.2, 0.25) is 0 Å². The summed E-state index contributed by atoms with van der Waals surface area (Å²) in [6.45, 7) is 4.03. The molecule has 0 saturated heterocycles. The minimum Gasteiger partial charge on any atom is -0.450 e. The van der Waals surface area contributed by atoms with Gasteiger partial charge in [0.1, 0.15) is 0 Å². The minimum atomic E-state index is 0.903. The average molecular weight is 133 g/mol. The molecular weight excluding hydrogens is 123 g/mol. The molecule has 0 heterocycles. The Balaban J connectivity index is 3.14. The zero-order valence-corrected chi connectivity index (χ0v) is 6.26. The fourth-order valence-corrected chi connectivity index (χ4v) is 0.914. The van der Waals surface area contributed by atoms with Gasteiger partial charge in [0.05, 0.1) is 0 Å². The van der Waals surface area contributed by atoms with Crippen molar-refractivity contribution in [1.29, 1.82) is 0 Å². The molecule has 0 fully saturated rings. The summed E-state index contributed by atoms with van der Waals surface area (Å²) in [6, 6.07) is 5.86. The lowest BCUT2D eigenvalue weighted by molar-refractivity contribution is 0.615. The molecule has 0 amide bonds. The average Bonchev–Trinajstić information content (AvgIpc) is 1.95. The van der Waals surface area contributed by atoms with Crippen molar-refractivity contribution in [2.24, 2.45) is 0 Å². The van der Waals surface area contributed by atoms with Gasteiger partial charge in [0.2, 0.25) is 0 Å². The van der Waals surface area contributed by atoms with E-state index in [9.17, 15) is 0 Å². The second-order valence-electron chi connectivity index (χ2n) is 2.42. The van der Waals surface area contributed by atoms with Gasteiger partial charge in [-0.1, -0.05) is 29.2 Å². The fraction of sp³-hybridized carbons (Fsp3) is 0.250. The van der Waals surface area contributed by atoms with E-state index in [-0.39, 0.29) is 0 Å². The summed E-state index contributed by atoms with van der Waals surface area (Å²) < 4.78 is 0. The van der Waals surface area contributed by atoms with Crippen molar-refractivity contribution in [3.05, 3.63) is 29.3 Å². The van der Waals surface area contributed by atoms with Crippen LogP contribution in [0.4, 0.5) is 0 Å². The molecule has 0 aromatic heterocycles. The second kappa shape index (κ2) is 2.89. The summed E-state index contributed by atoms with van der Waals surface area (Å²) in [5.41, 5.74) is 3.26. The first-order valence-corrected chi connectivity index (χ1v) is 3.29. The van der Waals surface area contributed by atoms with Crippen LogP contribution in [-0.2, 0) is 0 Å². The molecular formula is C8H10BO. The Morgan fingerprint density at radius 3 is 2.50 bits per heavy atom. The summed E-state index contributed by atoms with van der Waals surface area (Å²) in [6.07, 6.45) is 0. The number of rotatable bonds is 1. The van der Waals surface area contributed by atoms with Crippen LogP contribution in [0.5, 0.6) is 0 Å². The van der Waals surface area contributed by atoms with Crippen molar-refractivity contribution in [3.8, 4) is 0 Å². The number of benzene rings is 1. The maximum absolute atomic E-state index is 8.72. The first kappa shape index (κ1) is 7.35. The highest BCUT2D eigenvalue weighted by molar-refractivity contribution is 6.46. The Kier molecular flexibility index (Phi) is 2.12. The summed E-state index contributed by atoms with van der Waals surface area (Å²) in [4.78, 5) is 0. The summed E-state index contributed by atoms with van der Waals surface area (Å²) in [7, 11) is 1.14. The molecule has 0 saturated carbocycles. The van der Waals surface area contributed by atoms with Gasteiger partial charge in [-0.05, 0) is 19.4 Å². The predicted octanol–water partition coefficient (Wildman–Crippen LogP) is 0.540. The van der Waals surface area contributed by atoms with Gasteiger partial charge in [0.15, 0.2) is 0 Å². The molecule has 10 heavy (non-hydrogen) atoms. The van der Waals surface area contributed by atoms with Crippen LogP contribution in [-0.4, -0.2) is 12.5 Å². The van der Waals surface area contributed by atoms with E-state index in [0.717, 1.165) is 18.5 Å². The summed E-state index contributed by atoms with van der Waals surface area (Å²) >= 11 is 0. The lowest BCUT2D eigenvalue weighted by Gasteiger charge is -2.02. The topological polar surface area (TPSA) is 20.2 Å². The smallest absolute Gasteiger partial charge is 0.327 e. The van der Waals surface area contributed by atoms with Crippen LogP contribution in [0, 0.1) is 13.8 Å². The van der Waals surface area contributed by atoms with Crippen LogP contribution < -0.4 is 5.46 Å². The Bertz CT molecular complexity index is 233. The molecule has 0 aliphatic carbocycles. The van der Waals surface area contributed by atoms with Crippen LogP contribution in [0.1, 0.15) is 11.1 Å². The van der Waals surface area contributed by atoms with Crippen molar-refractivity contribution >= 4 is 12.9 Å². The number of aryl methyl sites for hydroxylation is 1. The standard InChI is InChI=1S/C8H10BO/c1-6-4-3-5-8(9-10)7(6)2/h3-5,10H,1-2H3. The molecule has 1 N–H and O–H groups in total. The molecule has 51 valence electrons. The molecule has 1 radical (unpaired) electrons. The van der Waals surface area contributed by atoms with Crippen molar-refractivity contribution in [3.63, 3.8) is 0 Å². The van der Waals surface area contributed by atoms with Crippen LogP contribution in [0.15, 0.2) is 18.2 Å². The fourth-order valence-electron chi connectivity index (χ4n) is 0.914. The van der Waals surface area contributed by atoms with Gasteiger partial charge in [0.25, 0.3) is 0 Å². The van der Waals surface area contributed by atoms with E-state index in [1.165, 1.54) is 5.56 Å². The highest BCUT2D eigenvalue weighted by atomic mass is 16.2. The van der Waals surface area contributed by atoms with E-state index >= 15 is 0 Å². The third kappa shape index (κ3) is 1.22. The maximum atomic E-state index is 8.72. The van der Waals surface area contributed by atoms with Gasteiger partial charge in [-0.2, -0.15) is 0 Å². The largest absolute Gasteiger partial charge is 0.450 e. The van der Waals surface area contributed by atoms with Crippen molar-refractivity contribution in [2.45, 2.75) is 13.8 Å². The second-order valence-corrected chi connectivity index (χ2v) is 2.42. The molecule has 0 aliphatic heterocycles. The molecule has 1 aromatic carbocycles. The van der Waals surface area contributed by atoms with E-state index in [1.807, 2.05) is 32.0 Å². The highest BCUT2D eigenvalue weighted by Crippen LogP contribution is 2.00. The Hall–Kier alpha value is -0.755. The third-order valence-corrected chi connectivity index (χ3v) is 1.79. The van der Waals surface area contributed by atoms with Gasteiger partial charge in [-0.25, -0.2) is 0 Å². The van der Waals surface area contributed by atoms with Gasteiger partial charge in [-0.15, -0.1) is 0 Å². The van der Waals surface area contributed by atoms with E-state index < -0.39 is 0 Å². The summed E-state index contributed by atoms with van der Waals surface area (Å²) in [5.74, 6) is 0. The Labute approximate surface area is 62.0 Å². The Morgan fingerprint density at radius 1 is 1.30 bits per heavy atom. The van der Waals surface area contributed by atoms with Crippen molar-refractivity contribution in [2.75, 3.05) is 0 Å². The van der Waals surface area contributed by atoms with E-state index in [1.54, 1.807) is 0 Å². The molecule has 0 unspecified atom stereocenters. The molecule has 0 bridgehead atoms. The molecule has 1 rings (SSSR count). The van der Waals surface area contributed by atoms with Gasteiger partial charge >= 0.3 is 7.48 Å². The first-order chi connectivity index (χ1) is 4.75. The number of hydrogen-bond acceptors (Lipinski definition) is 1. The predicted molar refractivity (Wildman–Crippen MR) is 43.5 cm³/mol. The summed E-state index contributed by atoms with van der Waals surface area (Å²) in [5, 5.41) is 8.72. The van der Waals surface area contributed by atoms with E-state index in [4.69, 9.17) is 5.02 Å². The van der Waals surface area contributed by atoms with Crippen molar-refractivity contribution in [1.82, 2.24) is 0 Å². The number of hydrogen-bond donors (Lipinski definition) is 1. The lowest BCUT2D eigenvalue weighted by Crippen LogP contribution is -2.17. The molecule has 1 aromatic rings. The lowest BCUT2D eigenvalue weighted by atomic mass is 9.83. The third-order valence-electron chi connectivity index (χ3n) is 1.79. The van der Waals surface area contributed by atoms with E-state index in [0.29, 0.717) is 0 Å². The van der Waals surface area contributed by atoms with Gasteiger partial charge < -0.3 is 5.02 Å². The molecule has 0 spiro atoms.